The summed E-state index contributed by atoms with van der Waals surface area (Å²) in [5, 5.41) is 13.4. The summed E-state index contributed by atoms with van der Waals surface area (Å²) in [6.07, 6.45) is 2.78. The number of H-pyrrole nitrogens is 1. The number of aromatic nitrogens is 1. The average molecular weight is 258 g/mol. The highest BCUT2D eigenvalue weighted by Crippen LogP contribution is 2.32. The lowest BCUT2D eigenvalue weighted by molar-refractivity contribution is 0.0642. The molecule has 0 saturated heterocycles. The van der Waals surface area contributed by atoms with E-state index in [0.29, 0.717) is 5.56 Å². The number of carbonyl (C=O) groups is 1. The van der Waals surface area contributed by atoms with Gasteiger partial charge in [0.1, 0.15) is 0 Å². The lowest BCUT2D eigenvalue weighted by Gasteiger charge is -2.40. The second kappa shape index (κ2) is 4.38. The van der Waals surface area contributed by atoms with Crippen LogP contribution in [0.2, 0.25) is 0 Å². The molecule has 1 saturated carbocycles. The van der Waals surface area contributed by atoms with Crippen molar-refractivity contribution in [3.8, 4) is 0 Å². The number of aliphatic hydroxyl groups excluding tert-OH is 1. The van der Waals surface area contributed by atoms with Gasteiger partial charge in [-0.2, -0.15) is 0 Å². The fourth-order valence-corrected chi connectivity index (χ4v) is 2.80. The van der Waals surface area contributed by atoms with Crippen molar-refractivity contribution in [1.29, 1.82) is 0 Å². The lowest BCUT2D eigenvalue weighted by atomic mass is 9.77. The Kier molecular flexibility index (Phi) is 2.82. The molecule has 100 valence electrons. The minimum absolute atomic E-state index is 0.0140. The molecule has 0 atom stereocenters. The first kappa shape index (κ1) is 12.2. The number of aliphatic hydroxyl groups is 1. The minimum atomic E-state index is -0.401. The number of hydrogen-bond acceptors (Lipinski definition) is 2. The van der Waals surface area contributed by atoms with Gasteiger partial charge < -0.3 is 15.4 Å². The summed E-state index contributed by atoms with van der Waals surface area (Å²) in [4.78, 5) is 15.7. The van der Waals surface area contributed by atoms with Crippen molar-refractivity contribution in [2.45, 2.75) is 31.7 Å². The van der Waals surface area contributed by atoms with Crippen LogP contribution in [0.3, 0.4) is 0 Å². The molecule has 2 aromatic rings. The van der Waals surface area contributed by atoms with E-state index in [0.717, 1.165) is 35.9 Å². The summed E-state index contributed by atoms with van der Waals surface area (Å²) in [6, 6.07) is 7.78. The van der Waals surface area contributed by atoms with Crippen LogP contribution in [-0.4, -0.2) is 28.1 Å². The summed E-state index contributed by atoms with van der Waals surface area (Å²) in [5.74, 6) is -0.0938. The van der Waals surface area contributed by atoms with Crippen LogP contribution in [-0.2, 0) is 0 Å². The molecule has 4 nitrogen and oxygen atoms in total. The van der Waals surface area contributed by atoms with E-state index in [1.165, 1.54) is 0 Å². The maximum Gasteiger partial charge on any atom is 0.254 e. The number of rotatable bonds is 3. The summed E-state index contributed by atoms with van der Waals surface area (Å²) < 4.78 is 0. The molecule has 3 N–H and O–H groups in total. The predicted molar refractivity (Wildman–Crippen MR) is 74.2 cm³/mol. The molecule has 1 aliphatic rings. The molecule has 1 aliphatic carbocycles. The van der Waals surface area contributed by atoms with E-state index in [4.69, 9.17) is 0 Å². The zero-order valence-corrected chi connectivity index (χ0v) is 11.0. The third-order valence-electron chi connectivity index (χ3n) is 4.11. The smallest absolute Gasteiger partial charge is 0.254 e. The number of para-hydroxylation sites is 1. The fraction of sp³-hybridized carbons (Fsp3) is 0.400. The molecule has 1 aromatic carbocycles. The van der Waals surface area contributed by atoms with Crippen LogP contribution < -0.4 is 5.32 Å². The number of carbonyl (C=O) groups excluding carboxylic acids is 1. The van der Waals surface area contributed by atoms with E-state index in [1.807, 2.05) is 31.2 Å². The molecular weight excluding hydrogens is 240 g/mol. The van der Waals surface area contributed by atoms with Gasteiger partial charge in [-0.05, 0) is 32.3 Å². The quantitative estimate of drug-likeness (QED) is 0.789. The molecule has 19 heavy (non-hydrogen) atoms. The van der Waals surface area contributed by atoms with Crippen molar-refractivity contribution in [2.24, 2.45) is 0 Å². The molecule has 1 fully saturated rings. The van der Waals surface area contributed by atoms with Gasteiger partial charge in [-0.3, -0.25) is 4.79 Å². The molecule has 0 unspecified atom stereocenters. The van der Waals surface area contributed by atoms with Crippen molar-refractivity contribution in [1.82, 2.24) is 10.3 Å². The highest BCUT2D eigenvalue weighted by molar-refractivity contribution is 6.08. The molecule has 4 heteroatoms. The third kappa shape index (κ3) is 1.92. The molecule has 1 amide bonds. The van der Waals surface area contributed by atoms with Gasteiger partial charge in [-0.15, -0.1) is 0 Å². The normalized spacial score (nSPS) is 17.2. The predicted octanol–water partition coefficient (Wildman–Crippen LogP) is 2.12. The lowest BCUT2D eigenvalue weighted by Crippen LogP contribution is -2.56. The molecule has 0 spiro atoms. The number of aromatic amines is 1. The maximum atomic E-state index is 12.5. The van der Waals surface area contributed by atoms with Gasteiger partial charge >= 0.3 is 0 Å². The van der Waals surface area contributed by atoms with Crippen LogP contribution in [0.15, 0.2) is 24.3 Å². The molecular formula is C15H18N2O2. The van der Waals surface area contributed by atoms with Crippen LogP contribution in [0, 0.1) is 6.92 Å². The SMILES string of the molecule is Cc1[nH]c2ccccc2c1C(=O)NC1(CO)CCC1. The Hall–Kier alpha value is -1.81. The average Bonchev–Trinajstić information content (AvgIpc) is 2.69. The topological polar surface area (TPSA) is 65.1 Å². The van der Waals surface area contributed by atoms with E-state index in [1.54, 1.807) is 0 Å². The van der Waals surface area contributed by atoms with E-state index >= 15 is 0 Å². The Bertz CT molecular complexity index is 621. The zero-order chi connectivity index (χ0) is 13.5. The molecule has 3 rings (SSSR count). The van der Waals surface area contributed by atoms with Crippen LogP contribution >= 0.6 is 0 Å². The van der Waals surface area contributed by atoms with Gasteiger partial charge in [0, 0.05) is 16.6 Å². The molecule has 1 heterocycles. The Morgan fingerprint density at radius 3 is 2.79 bits per heavy atom. The van der Waals surface area contributed by atoms with Gasteiger partial charge in [0.2, 0.25) is 0 Å². The fourth-order valence-electron chi connectivity index (χ4n) is 2.80. The van der Waals surface area contributed by atoms with Gasteiger partial charge in [-0.25, -0.2) is 0 Å². The van der Waals surface area contributed by atoms with Crippen molar-refractivity contribution >= 4 is 16.8 Å². The molecule has 0 radical (unpaired) electrons. The van der Waals surface area contributed by atoms with Crippen molar-refractivity contribution in [2.75, 3.05) is 6.61 Å². The zero-order valence-electron chi connectivity index (χ0n) is 11.0. The first-order chi connectivity index (χ1) is 9.15. The van der Waals surface area contributed by atoms with Crippen LogP contribution in [0.5, 0.6) is 0 Å². The van der Waals surface area contributed by atoms with Crippen LogP contribution in [0.1, 0.15) is 35.3 Å². The number of nitrogens with one attached hydrogen (secondary N) is 2. The highest BCUT2D eigenvalue weighted by atomic mass is 16.3. The Labute approximate surface area is 111 Å². The number of fused-ring (bicyclic) bond motifs is 1. The maximum absolute atomic E-state index is 12.5. The number of benzene rings is 1. The van der Waals surface area contributed by atoms with Gasteiger partial charge in [-0.1, -0.05) is 18.2 Å². The number of aryl methyl sites for hydroxylation is 1. The first-order valence-electron chi connectivity index (χ1n) is 6.66. The Balaban J connectivity index is 1.95. The largest absolute Gasteiger partial charge is 0.394 e. The summed E-state index contributed by atoms with van der Waals surface area (Å²) in [5.41, 5.74) is 2.13. The standard InChI is InChI=1S/C15H18N2O2/c1-10-13(11-5-2-3-6-12(11)16-10)14(19)17-15(9-18)7-4-8-15/h2-3,5-6,16,18H,4,7-9H2,1H3,(H,17,19). The summed E-state index contributed by atoms with van der Waals surface area (Å²) in [6.45, 7) is 1.92. The molecule has 1 aromatic heterocycles. The monoisotopic (exact) mass is 258 g/mol. The van der Waals surface area contributed by atoms with Crippen molar-refractivity contribution in [3.63, 3.8) is 0 Å². The van der Waals surface area contributed by atoms with Crippen molar-refractivity contribution < 1.29 is 9.90 Å². The Morgan fingerprint density at radius 1 is 1.42 bits per heavy atom. The highest BCUT2D eigenvalue weighted by Gasteiger charge is 2.38. The van der Waals surface area contributed by atoms with Gasteiger partial charge in [0.25, 0.3) is 5.91 Å². The van der Waals surface area contributed by atoms with E-state index in [2.05, 4.69) is 10.3 Å². The molecule has 0 bridgehead atoms. The van der Waals surface area contributed by atoms with Crippen LogP contribution in [0.4, 0.5) is 0 Å². The third-order valence-corrected chi connectivity index (χ3v) is 4.11. The second-order valence-corrected chi connectivity index (χ2v) is 5.42. The van der Waals surface area contributed by atoms with Gasteiger partial charge in [0.05, 0.1) is 17.7 Å². The first-order valence-corrected chi connectivity index (χ1v) is 6.66. The number of hydrogen-bond donors (Lipinski definition) is 3. The Morgan fingerprint density at radius 2 is 2.16 bits per heavy atom. The summed E-state index contributed by atoms with van der Waals surface area (Å²) in [7, 11) is 0. The van der Waals surface area contributed by atoms with E-state index in [-0.39, 0.29) is 12.5 Å². The summed E-state index contributed by atoms with van der Waals surface area (Å²) >= 11 is 0. The van der Waals surface area contributed by atoms with Gasteiger partial charge in [0.15, 0.2) is 0 Å². The minimum Gasteiger partial charge on any atom is -0.394 e. The molecule has 0 aliphatic heterocycles. The van der Waals surface area contributed by atoms with E-state index < -0.39 is 5.54 Å². The van der Waals surface area contributed by atoms with Crippen molar-refractivity contribution in [3.05, 3.63) is 35.5 Å². The second-order valence-electron chi connectivity index (χ2n) is 5.42. The van der Waals surface area contributed by atoms with Crippen LogP contribution in [0.25, 0.3) is 10.9 Å². The van der Waals surface area contributed by atoms with E-state index in [9.17, 15) is 9.90 Å². The number of amides is 1.